The van der Waals surface area contributed by atoms with Crippen LogP contribution in [0.3, 0.4) is 0 Å². The van der Waals surface area contributed by atoms with Crippen LogP contribution in [0.4, 0.5) is 4.39 Å². The molecule has 0 aliphatic carbocycles. The summed E-state index contributed by atoms with van der Waals surface area (Å²) in [7, 11) is 0. The molecule has 0 spiro atoms. The molecule has 1 aliphatic heterocycles. The maximum absolute atomic E-state index is 14.1. The Labute approximate surface area is 146 Å². The van der Waals surface area contributed by atoms with Crippen molar-refractivity contribution in [1.82, 2.24) is 14.7 Å². The third kappa shape index (κ3) is 3.62. The molecule has 1 aromatic heterocycles. The molecule has 6 heteroatoms. The van der Waals surface area contributed by atoms with E-state index in [9.17, 15) is 14.0 Å². The second-order valence-electron chi connectivity index (χ2n) is 6.69. The Kier molecular flexibility index (Phi) is 4.97. The van der Waals surface area contributed by atoms with E-state index in [4.69, 9.17) is 0 Å². The summed E-state index contributed by atoms with van der Waals surface area (Å²) in [6, 6.07) is 7.51. The summed E-state index contributed by atoms with van der Waals surface area (Å²) in [6.45, 7) is 5.08. The average molecular weight is 343 g/mol. The fourth-order valence-electron chi connectivity index (χ4n) is 3.18. The third-order valence-electron chi connectivity index (χ3n) is 4.69. The number of aryl methyl sites for hydroxylation is 1. The van der Waals surface area contributed by atoms with Crippen LogP contribution in [0.1, 0.15) is 42.4 Å². The summed E-state index contributed by atoms with van der Waals surface area (Å²) in [5.74, 6) is -0.258. The Balaban J connectivity index is 1.99. The normalized spacial score (nSPS) is 18.0. The topological polar surface area (TPSA) is 55.2 Å². The molecule has 1 saturated heterocycles. The van der Waals surface area contributed by atoms with Gasteiger partial charge in [0.1, 0.15) is 11.5 Å². The highest BCUT2D eigenvalue weighted by molar-refractivity contribution is 5.92. The SMILES string of the molecule is Cc1cc(=O)c(C(=O)N2CCC[C@H](C)CC2)nn1-c1ccccc1F. The van der Waals surface area contributed by atoms with Crippen molar-refractivity contribution in [2.75, 3.05) is 13.1 Å². The first-order valence-corrected chi connectivity index (χ1v) is 8.62. The minimum Gasteiger partial charge on any atom is -0.337 e. The molecule has 0 radical (unpaired) electrons. The van der Waals surface area contributed by atoms with E-state index < -0.39 is 11.2 Å². The van der Waals surface area contributed by atoms with Crippen molar-refractivity contribution in [1.29, 1.82) is 0 Å². The summed E-state index contributed by atoms with van der Waals surface area (Å²) >= 11 is 0. The van der Waals surface area contributed by atoms with E-state index >= 15 is 0 Å². The van der Waals surface area contributed by atoms with E-state index in [0.29, 0.717) is 24.7 Å². The van der Waals surface area contributed by atoms with Crippen LogP contribution in [0.25, 0.3) is 5.69 Å². The number of rotatable bonds is 2. The van der Waals surface area contributed by atoms with Gasteiger partial charge in [-0.05, 0) is 44.2 Å². The lowest BCUT2D eigenvalue weighted by atomic mass is 10.0. The van der Waals surface area contributed by atoms with E-state index in [0.717, 1.165) is 19.3 Å². The van der Waals surface area contributed by atoms with Gasteiger partial charge < -0.3 is 4.90 Å². The summed E-state index contributed by atoms with van der Waals surface area (Å²) in [5.41, 5.74) is 0.130. The monoisotopic (exact) mass is 343 g/mol. The zero-order valence-corrected chi connectivity index (χ0v) is 14.5. The van der Waals surface area contributed by atoms with Crippen molar-refractivity contribution in [3.63, 3.8) is 0 Å². The lowest BCUT2D eigenvalue weighted by molar-refractivity contribution is 0.0751. The zero-order chi connectivity index (χ0) is 18.0. The number of para-hydroxylation sites is 1. The molecule has 1 aromatic carbocycles. The Morgan fingerprint density at radius 1 is 1.24 bits per heavy atom. The lowest BCUT2D eigenvalue weighted by Gasteiger charge is -2.20. The molecule has 132 valence electrons. The van der Waals surface area contributed by atoms with Crippen molar-refractivity contribution >= 4 is 5.91 Å². The van der Waals surface area contributed by atoms with Crippen LogP contribution in [0.5, 0.6) is 0 Å². The van der Waals surface area contributed by atoms with Gasteiger partial charge in [-0.15, -0.1) is 0 Å². The molecular weight excluding hydrogens is 321 g/mol. The molecule has 2 aromatic rings. The molecular formula is C19H22FN3O2. The third-order valence-corrected chi connectivity index (χ3v) is 4.69. The molecule has 0 N–H and O–H groups in total. The highest BCUT2D eigenvalue weighted by Crippen LogP contribution is 2.18. The second kappa shape index (κ2) is 7.17. The van der Waals surface area contributed by atoms with Gasteiger partial charge in [0, 0.05) is 24.8 Å². The summed E-state index contributed by atoms with van der Waals surface area (Å²) in [5, 5.41) is 4.20. The molecule has 1 fully saturated rings. The Morgan fingerprint density at radius 2 is 2.00 bits per heavy atom. The predicted molar refractivity (Wildman–Crippen MR) is 93.4 cm³/mol. The van der Waals surface area contributed by atoms with Crippen molar-refractivity contribution < 1.29 is 9.18 Å². The molecule has 3 rings (SSSR count). The molecule has 25 heavy (non-hydrogen) atoms. The van der Waals surface area contributed by atoms with Gasteiger partial charge in [-0.1, -0.05) is 19.1 Å². The first kappa shape index (κ1) is 17.3. The minimum absolute atomic E-state index is 0.150. The van der Waals surface area contributed by atoms with Crippen LogP contribution in [0.15, 0.2) is 35.1 Å². The van der Waals surface area contributed by atoms with E-state index in [1.54, 1.807) is 30.0 Å². The van der Waals surface area contributed by atoms with Crippen molar-refractivity contribution in [3.8, 4) is 5.69 Å². The number of nitrogens with zero attached hydrogens (tertiary/aromatic N) is 3. The fraction of sp³-hybridized carbons (Fsp3) is 0.421. The van der Waals surface area contributed by atoms with Gasteiger partial charge >= 0.3 is 0 Å². The van der Waals surface area contributed by atoms with Crippen LogP contribution in [-0.4, -0.2) is 33.7 Å². The van der Waals surface area contributed by atoms with Gasteiger partial charge in [0.15, 0.2) is 5.69 Å². The molecule has 1 amide bonds. The molecule has 5 nitrogen and oxygen atoms in total. The summed E-state index contributed by atoms with van der Waals surface area (Å²) < 4.78 is 15.4. The van der Waals surface area contributed by atoms with E-state index in [1.165, 1.54) is 16.8 Å². The maximum atomic E-state index is 14.1. The summed E-state index contributed by atoms with van der Waals surface area (Å²) in [4.78, 5) is 26.8. The summed E-state index contributed by atoms with van der Waals surface area (Å²) in [6.07, 6.45) is 2.91. The molecule has 1 aliphatic rings. The van der Waals surface area contributed by atoms with Crippen molar-refractivity contribution in [2.24, 2.45) is 5.92 Å². The molecule has 1 atom stereocenters. The van der Waals surface area contributed by atoms with Crippen LogP contribution in [-0.2, 0) is 0 Å². The first-order chi connectivity index (χ1) is 12.0. The van der Waals surface area contributed by atoms with Gasteiger partial charge in [0.25, 0.3) is 5.91 Å². The second-order valence-corrected chi connectivity index (χ2v) is 6.69. The van der Waals surface area contributed by atoms with Gasteiger partial charge in [-0.25, -0.2) is 9.07 Å². The Bertz CT molecular complexity index is 847. The lowest BCUT2D eigenvalue weighted by Crippen LogP contribution is -2.37. The number of carbonyl (C=O) groups is 1. The Morgan fingerprint density at radius 3 is 2.76 bits per heavy atom. The van der Waals surface area contributed by atoms with Crippen LogP contribution in [0.2, 0.25) is 0 Å². The van der Waals surface area contributed by atoms with Gasteiger partial charge in [0.05, 0.1) is 0 Å². The van der Waals surface area contributed by atoms with Gasteiger partial charge in [0.2, 0.25) is 5.43 Å². The van der Waals surface area contributed by atoms with Crippen LogP contribution < -0.4 is 5.43 Å². The van der Waals surface area contributed by atoms with E-state index in [2.05, 4.69) is 12.0 Å². The highest BCUT2D eigenvalue weighted by atomic mass is 19.1. The van der Waals surface area contributed by atoms with Crippen LogP contribution in [0, 0.1) is 18.7 Å². The predicted octanol–water partition coefficient (Wildman–Crippen LogP) is 2.94. The number of likely N-dealkylation sites (tertiary alicyclic amines) is 1. The minimum atomic E-state index is -0.455. The van der Waals surface area contributed by atoms with E-state index in [1.807, 2.05) is 0 Å². The smallest absolute Gasteiger partial charge is 0.278 e. The van der Waals surface area contributed by atoms with Gasteiger partial charge in [-0.2, -0.15) is 5.10 Å². The Hall–Kier alpha value is -2.50. The number of amides is 1. The van der Waals surface area contributed by atoms with Crippen LogP contribution >= 0.6 is 0 Å². The molecule has 2 heterocycles. The molecule has 0 saturated carbocycles. The number of hydrogen-bond acceptors (Lipinski definition) is 3. The molecule has 0 bridgehead atoms. The number of benzene rings is 1. The van der Waals surface area contributed by atoms with Gasteiger partial charge in [-0.3, -0.25) is 9.59 Å². The highest BCUT2D eigenvalue weighted by Gasteiger charge is 2.24. The fourth-order valence-corrected chi connectivity index (χ4v) is 3.18. The zero-order valence-electron chi connectivity index (χ0n) is 14.5. The largest absolute Gasteiger partial charge is 0.337 e. The number of halogens is 1. The number of carbonyl (C=O) groups excluding carboxylic acids is 1. The maximum Gasteiger partial charge on any atom is 0.278 e. The number of aromatic nitrogens is 2. The number of hydrogen-bond donors (Lipinski definition) is 0. The first-order valence-electron chi connectivity index (χ1n) is 8.62. The van der Waals surface area contributed by atoms with Crippen molar-refractivity contribution in [3.05, 3.63) is 57.8 Å². The quantitative estimate of drug-likeness (QED) is 0.842. The van der Waals surface area contributed by atoms with Crippen molar-refractivity contribution in [2.45, 2.75) is 33.1 Å². The average Bonchev–Trinajstić information content (AvgIpc) is 2.80. The molecule has 0 unspecified atom stereocenters. The standard InChI is InChI=1S/C19H22FN3O2/c1-13-6-5-10-22(11-9-13)19(25)18-17(24)12-14(2)23(21-18)16-8-4-3-7-15(16)20/h3-4,7-8,12-13H,5-6,9-11H2,1-2H3/t13-/m0/s1. The van der Waals surface area contributed by atoms with E-state index in [-0.39, 0.29) is 17.3 Å².